The average molecular weight is 277 g/mol. The number of hydrogen-bond acceptors (Lipinski definition) is 2. The second-order valence-corrected chi connectivity index (χ2v) is 7.18. The van der Waals surface area contributed by atoms with E-state index in [2.05, 4.69) is 62.1 Å². The molecule has 0 aromatic heterocycles. The maximum atomic E-state index is 3.76. The minimum atomic E-state index is 0.695. The van der Waals surface area contributed by atoms with E-state index in [9.17, 15) is 0 Å². The molecule has 0 bridgehead atoms. The van der Waals surface area contributed by atoms with Crippen LogP contribution in [0.15, 0.2) is 29.2 Å². The lowest BCUT2D eigenvalue weighted by Crippen LogP contribution is -2.42. The largest absolute Gasteiger partial charge is 0.313 e. The van der Waals surface area contributed by atoms with Gasteiger partial charge in [0.25, 0.3) is 0 Å². The molecule has 3 unspecified atom stereocenters. The van der Waals surface area contributed by atoms with E-state index in [1.54, 1.807) is 0 Å². The van der Waals surface area contributed by atoms with Gasteiger partial charge < -0.3 is 5.32 Å². The topological polar surface area (TPSA) is 12.0 Å². The summed E-state index contributed by atoms with van der Waals surface area (Å²) in [4.78, 5) is 1.46. The van der Waals surface area contributed by atoms with Gasteiger partial charge >= 0.3 is 0 Å². The Hall–Kier alpha value is -0.470. The van der Waals surface area contributed by atoms with Crippen molar-refractivity contribution in [3.8, 4) is 0 Å². The summed E-state index contributed by atoms with van der Waals surface area (Å²) in [5, 5.41) is 4.49. The third kappa shape index (κ3) is 4.25. The van der Waals surface area contributed by atoms with Crippen LogP contribution in [0.2, 0.25) is 0 Å². The number of hydrogen-bond donors (Lipinski definition) is 1. The quantitative estimate of drug-likeness (QED) is 0.841. The second-order valence-electron chi connectivity index (χ2n) is 5.90. The molecule has 0 spiro atoms. The number of thioether (sulfide) groups is 1. The van der Waals surface area contributed by atoms with Gasteiger partial charge in [-0.2, -0.15) is 0 Å². The zero-order chi connectivity index (χ0) is 13.7. The fourth-order valence-corrected chi connectivity index (χ4v) is 4.43. The molecule has 0 radical (unpaired) electrons. The normalized spacial score (nSPS) is 27.4. The van der Waals surface area contributed by atoms with Gasteiger partial charge in [-0.15, -0.1) is 11.8 Å². The van der Waals surface area contributed by atoms with Gasteiger partial charge in [-0.05, 0) is 56.7 Å². The maximum absolute atomic E-state index is 3.76. The first-order valence-electron chi connectivity index (χ1n) is 7.66. The Kier molecular flexibility index (Phi) is 5.77. The first kappa shape index (κ1) is 14.9. The lowest BCUT2D eigenvalue weighted by molar-refractivity contribution is 0.317. The summed E-state index contributed by atoms with van der Waals surface area (Å²) in [7, 11) is 0. The molecule has 106 valence electrons. The van der Waals surface area contributed by atoms with Crippen molar-refractivity contribution in [1.29, 1.82) is 0 Å². The molecular weight excluding hydrogens is 250 g/mol. The molecule has 0 heterocycles. The number of nitrogens with one attached hydrogen (secondary N) is 1. The van der Waals surface area contributed by atoms with Crippen LogP contribution in [0.4, 0.5) is 0 Å². The van der Waals surface area contributed by atoms with Crippen molar-refractivity contribution in [3.63, 3.8) is 0 Å². The van der Waals surface area contributed by atoms with Crippen molar-refractivity contribution in [1.82, 2.24) is 5.32 Å². The van der Waals surface area contributed by atoms with Crippen LogP contribution >= 0.6 is 11.8 Å². The fourth-order valence-electron chi connectivity index (χ4n) is 2.87. The van der Waals surface area contributed by atoms with Gasteiger partial charge in [-0.25, -0.2) is 0 Å². The zero-order valence-electron chi connectivity index (χ0n) is 12.5. The van der Waals surface area contributed by atoms with Crippen molar-refractivity contribution >= 4 is 11.8 Å². The molecule has 0 amide bonds. The van der Waals surface area contributed by atoms with E-state index < -0.39 is 0 Å². The molecular formula is C17H27NS. The smallest absolute Gasteiger partial charge is 0.0251 e. The van der Waals surface area contributed by atoms with Crippen LogP contribution in [-0.4, -0.2) is 17.8 Å². The number of benzene rings is 1. The van der Waals surface area contributed by atoms with Crippen LogP contribution in [0.1, 0.15) is 45.1 Å². The highest BCUT2D eigenvalue weighted by molar-refractivity contribution is 8.00. The standard InChI is InChI=1S/C17H27NS/c1-4-11-18-15-10-9-13(2)12-17(15)19-16-8-6-5-7-14(16)3/h5-8,13,15,17-18H,4,9-12H2,1-3H3. The molecule has 1 aromatic rings. The predicted octanol–water partition coefficient (Wildman–Crippen LogP) is 4.64. The summed E-state index contributed by atoms with van der Waals surface area (Å²) >= 11 is 2.09. The summed E-state index contributed by atoms with van der Waals surface area (Å²) < 4.78 is 0. The number of aryl methyl sites for hydroxylation is 1. The van der Waals surface area contributed by atoms with Gasteiger partial charge in [-0.3, -0.25) is 0 Å². The monoisotopic (exact) mass is 277 g/mol. The van der Waals surface area contributed by atoms with E-state index in [1.807, 2.05) is 0 Å². The molecule has 1 nitrogen and oxygen atoms in total. The van der Waals surface area contributed by atoms with Gasteiger partial charge in [0.15, 0.2) is 0 Å². The molecule has 3 atom stereocenters. The van der Waals surface area contributed by atoms with Gasteiger partial charge in [0, 0.05) is 16.2 Å². The van der Waals surface area contributed by atoms with Crippen LogP contribution in [0.25, 0.3) is 0 Å². The lowest BCUT2D eigenvalue weighted by Gasteiger charge is -2.35. The zero-order valence-corrected chi connectivity index (χ0v) is 13.3. The first-order valence-corrected chi connectivity index (χ1v) is 8.54. The number of rotatable bonds is 5. The van der Waals surface area contributed by atoms with Crippen molar-refractivity contribution in [2.75, 3.05) is 6.54 Å². The van der Waals surface area contributed by atoms with Crippen molar-refractivity contribution < 1.29 is 0 Å². The first-order chi connectivity index (χ1) is 9.20. The summed E-state index contributed by atoms with van der Waals surface area (Å²) in [6.07, 6.45) is 5.30. The highest BCUT2D eigenvalue weighted by atomic mass is 32.2. The van der Waals surface area contributed by atoms with Gasteiger partial charge in [0.2, 0.25) is 0 Å². The molecule has 0 saturated heterocycles. The third-order valence-corrected chi connectivity index (χ3v) is 5.62. The highest BCUT2D eigenvalue weighted by Gasteiger charge is 2.29. The van der Waals surface area contributed by atoms with E-state index in [1.165, 1.54) is 36.1 Å². The van der Waals surface area contributed by atoms with Crippen LogP contribution < -0.4 is 5.32 Å². The Balaban J connectivity index is 2.03. The fraction of sp³-hybridized carbons (Fsp3) is 0.647. The van der Waals surface area contributed by atoms with Gasteiger partial charge in [0.1, 0.15) is 0 Å². The van der Waals surface area contributed by atoms with Gasteiger partial charge in [0.05, 0.1) is 0 Å². The van der Waals surface area contributed by atoms with Crippen LogP contribution in [-0.2, 0) is 0 Å². The predicted molar refractivity (Wildman–Crippen MR) is 85.9 cm³/mol. The third-order valence-electron chi connectivity index (χ3n) is 4.08. The molecule has 19 heavy (non-hydrogen) atoms. The molecule has 0 aliphatic heterocycles. The molecule has 1 N–H and O–H groups in total. The highest BCUT2D eigenvalue weighted by Crippen LogP contribution is 2.37. The molecule has 2 heteroatoms. The van der Waals surface area contributed by atoms with E-state index in [-0.39, 0.29) is 0 Å². The summed E-state index contributed by atoms with van der Waals surface area (Å²) in [5.41, 5.74) is 1.42. The van der Waals surface area contributed by atoms with E-state index in [4.69, 9.17) is 0 Å². The van der Waals surface area contributed by atoms with E-state index in [0.717, 1.165) is 17.7 Å². The Morgan fingerprint density at radius 2 is 2.05 bits per heavy atom. The Morgan fingerprint density at radius 3 is 2.79 bits per heavy atom. The Bertz CT molecular complexity index is 389. The van der Waals surface area contributed by atoms with E-state index in [0.29, 0.717) is 6.04 Å². The minimum Gasteiger partial charge on any atom is -0.313 e. The lowest BCUT2D eigenvalue weighted by atomic mass is 9.87. The SMILES string of the molecule is CCCNC1CCC(C)CC1Sc1ccccc1C. The molecule has 1 aromatic carbocycles. The molecule has 1 saturated carbocycles. The Morgan fingerprint density at radius 1 is 1.26 bits per heavy atom. The van der Waals surface area contributed by atoms with Crippen LogP contribution in [0.5, 0.6) is 0 Å². The molecule has 1 aliphatic carbocycles. The van der Waals surface area contributed by atoms with Gasteiger partial charge in [-0.1, -0.05) is 32.0 Å². The summed E-state index contributed by atoms with van der Waals surface area (Å²) in [6.45, 7) is 8.04. The molecule has 1 aliphatic rings. The van der Waals surface area contributed by atoms with Crippen molar-refractivity contribution in [2.24, 2.45) is 5.92 Å². The summed E-state index contributed by atoms with van der Waals surface area (Å²) in [6, 6.07) is 9.49. The van der Waals surface area contributed by atoms with E-state index >= 15 is 0 Å². The maximum Gasteiger partial charge on any atom is 0.0251 e. The second kappa shape index (κ2) is 7.35. The van der Waals surface area contributed by atoms with Crippen LogP contribution in [0.3, 0.4) is 0 Å². The minimum absolute atomic E-state index is 0.695. The summed E-state index contributed by atoms with van der Waals surface area (Å²) in [5.74, 6) is 0.876. The van der Waals surface area contributed by atoms with Crippen molar-refractivity contribution in [2.45, 2.75) is 62.6 Å². The molecule has 1 fully saturated rings. The Labute approximate surface area is 122 Å². The molecule has 2 rings (SSSR count). The van der Waals surface area contributed by atoms with Crippen LogP contribution in [0, 0.1) is 12.8 Å². The average Bonchev–Trinajstić information content (AvgIpc) is 2.40. The van der Waals surface area contributed by atoms with Crippen molar-refractivity contribution in [3.05, 3.63) is 29.8 Å².